The van der Waals surface area contributed by atoms with Gasteiger partial charge in [-0.15, -0.1) is 0 Å². The van der Waals surface area contributed by atoms with Gasteiger partial charge in [-0.05, 0) is 32.1 Å². The Kier molecular flexibility index (Phi) is 56.2. The van der Waals surface area contributed by atoms with Crippen LogP contribution in [0.1, 0.15) is 341 Å². The van der Waals surface area contributed by atoms with Gasteiger partial charge in [0.25, 0.3) is 0 Å². The average molecular weight is 915 g/mol. The summed E-state index contributed by atoms with van der Waals surface area (Å²) in [6.45, 7) is 4.34. The fourth-order valence-electron chi connectivity index (χ4n) is 9.61. The molecule has 0 aliphatic rings. The molecule has 1 amide bonds. The molecule has 0 fully saturated rings. The molecule has 0 aromatic carbocycles. The van der Waals surface area contributed by atoms with E-state index >= 15 is 0 Å². The maximum atomic E-state index is 12.5. The molecule has 2 unspecified atom stereocenters. The Balaban J connectivity index is 3.45. The Hall–Kier alpha value is -1.13. The number of allylic oxidation sites excluding steroid dienone is 3. The lowest BCUT2D eigenvalue weighted by Crippen LogP contribution is -2.45. The molecule has 0 saturated carbocycles. The maximum absolute atomic E-state index is 12.5. The number of aliphatic hydroxyl groups excluding tert-OH is 2. The van der Waals surface area contributed by atoms with Crippen molar-refractivity contribution in [1.82, 2.24) is 5.32 Å². The van der Waals surface area contributed by atoms with Crippen LogP contribution in [0.2, 0.25) is 0 Å². The predicted octanol–water partition coefficient (Wildman–Crippen LogP) is 19.9. The zero-order chi connectivity index (χ0) is 47.0. The first-order valence-electron chi connectivity index (χ1n) is 30.1. The van der Waals surface area contributed by atoms with Gasteiger partial charge in [-0.1, -0.05) is 327 Å². The normalized spacial score (nSPS) is 12.9. The minimum atomic E-state index is -0.860. The van der Waals surface area contributed by atoms with E-state index in [4.69, 9.17) is 0 Å². The zero-order valence-electron chi connectivity index (χ0n) is 44.5. The van der Waals surface area contributed by atoms with E-state index in [1.807, 2.05) is 6.08 Å². The van der Waals surface area contributed by atoms with E-state index in [1.54, 1.807) is 6.08 Å². The number of aliphatic hydroxyl groups is 2. The van der Waals surface area contributed by atoms with Gasteiger partial charge in [-0.3, -0.25) is 4.79 Å². The predicted molar refractivity (Wildman–Crippen MR) is 290 cm³/mol. The van der Waals surface area contributed by atoms with E-state index in [2.05, 4.69) is 31.3 Å². The SMILES string of the molecule is CCCCCCCCCCCCCCCCCC/C=C/CC/C=C/C(O)C(CO)NC(=O)CCCCCCCCCCCCCCCCCCCCCCCCCCCCCCCCC. The number of carbonyl (C=O) groups is 1. The standard InChI is InChI=1S/C61H119NO3/c1-3-5-7-9-11-13-15-17-19-21-23-25-27-28-29-30-31-32-33-34-35-37-39-41-43-45-47-49-51-53-55-57-61(65)62-59(58-63)60(64)56-54-52-50-48-46-44-42-40-38-36-26-24-22-20-18-16-14-12-10-8-6-4-2/h46,48,54,56,59-60,63-64H,3-45,47,49-53,55,57-58H2,1-2H3,(H,62,65)/b48-46+,56-54+. The number of hydrogen-bond acceptors (Lipinski definition) is 3. The van der Waals surface area contributed by atoms with Crippen LogP contribution in [0.25, 0.3) is 0 Å². The Bertz CT molecular complexity index is 947. The van der Waals surface area contributed by atoms with Crippen LogP contribution in [-0.4, -0.2) is 34.9 Å². The van der Waals surface area contributed by atoms with Gasteiger partial charge in [-0.25, -0.2) is 0 Å². The topological polar surface area (TPSA) is 69.6 Å². The number of unbranched alkanes of at least 4 members (excludes halogenated alkanes) is 47. The first-order chi connectivity index (χ1) is 32.2. The maximum Gasteiger partial charge on any atom is 0.220 e. The molecule has 0 saturated heterocycles. The Morgan fingerprint density at radius 1 is 0.354 bits per heavy atom. The Morgan fingerprint density at radius 3 is 0.892 bits per heavy atom. The van der Waals surface area contributed by atoms with E-state index < -0.39 is 12.1 Å². The van der Waals surface area contributed by atoms with E-state index in [1.165, 1.54) is 289 Å². The highest BCUT2D eigenvalue weighted by Gasteiger charge is 2.18. The van der Waals surface area contributed by atoms with E-state index in [9.17, 15) is 15.0 Å². The van der Waals surface area contributed by atoms with Gasteiger partial charge in [0.15, 0.2) is 0 Å². The molecule has 0 aliphatic heterocycles. The van der Waals surface area contributed by atoms with Crippen molar-refractivity contribution in [2.45, 2.75) is 353 Å². The van der Waals surface area contributed by atoms with Gasteiger partial charge < -0.3 is 15.5 Å². The third kappa shape index (κ3) is 53.7. The Labute approximate surface area is 409 Å². The van der Waals surface area contributed by atoms with Crippen LogP contribution in [0.4, 0.5) is 0 Å². The first kappa shape index (κ1) is 63.9. The van der Waals surface area contributed by atoms with Crippen molar-refractivity contribution >= 4 is 5.91 Å². The molecule has 0 spiro atoms. The van der Waals surface area contributed by atoms with Gasteiger partial charge in [0.05, 0.1) is 18.8 Å². The van der Waals surface area contributed by atoms with Gasteiger partial charge in [0, 0.05) is 6.42 Å². The van der Waals surface area contributed by atoms with Gasteiger partial charge >= 0.3 is 0 Å². The molecular weight excluding hydrogens is 795 g/mol. The van der Waals surface area contributed by atoms with Crippen LogP contribution < -0.4 is 5.32 Å². The fourth-order valence-corrected chi connectivity index (χ4v) is 9.61. The smallest absolute Gasteiger partial charge is 0.220 e. The molecule has 3 N–H and O–H groups in total. The summed E-state index contributed by atoms with van der Waals surface area (Å²) in [4.78, 5) is 12.5. The van der Waals surface area contributed by atoms with E-state index in [-0.39, 0.29) is 12.5 Å². The number of hydrogen-bond donors (Lipinski definition) is 3. The Morgan fingerprint density at radius 2 is 0.600 bits per heavy atom. The molecule has 0 aliphatic carbocycles. The molecule has 2 atom stereocenters. The lowest BCUT2D eigenvalue weighted by atomic mass is 10.0. The summed E-state index contributed by atoms with van der Waals surface area (Å²) in [6, 6.07) is -0.636. The van der Waals surface area contributed by atoms with Crippen LogP contribution in [0.15, 0.2) is 24.3 Å². The van der Waals surface area contributed by atoms with Crippen LogP contribution in [0, 0.1) is 0 Å². The lowest BCUT2D eigenvalue weighted by Gasteiger charge is -2.19. The summed E-state index contributed by atoms with van der Waals surface area (Å²) >= 11 is 0. The summed E-state index contributed by atoms with van der Waals surface area (Å²) in [5, 5.41) is 23.2. The van der Waals surface area contributed by atoms with Crippen molar-refractivity contribution in [2.24, 2.45) is 0 Å². The summed E-state index contributed by atoms with van der Waals surface area (Å²) in [5.74, 6) is -0.0658. The quantitative estimate of drug-likeness (QED) is 0.0421. The number of amides is 1. The lowest BCUT2D eigenvalue weighted by molar-refractivity contribution is -0.123. The van der Waals surface area contributed by atoms with E-state index in [0.29, 0.717) is 6.42 Å². The third-order valence-corrected chi connectivity index (χ3v) is 14.2. The first-order valence-corrected chi connectivity index (χ1v) is 30.1. The van der Waals surface area contributed by atoms with Crippen molar-refractivity contribution in [3.05, 3.63) is 24.3 Å². The largest absolute Gasteiger partial charge is 0.394 e. The second-order valence-electron chi connectivity index (χ2n) is 20.8. The van der Waals surface area contributed by atoms with Crippen molar-refractivity contribution < 1.29 is 15.0 Å². The monoisotopic (exact) mass is 914 g/mol. The third-order valence-electron chi connectivity index (χ3n) is 14.2. The molecule has 4 nitrogen and oxygen atoms in total. The molecular formula is C61H119NO3. The van der Waals surface area contributed by atoms with Gasteiger partial charge in [0.1, 0.15) is 0 Å². The highest BCUT2D eigenvalue weighted by Crippen LogP contribution is 2.18. The molecule has 0 bridgehead atoms. The average Bonchev–Trinajstić information content (AvgIpc) is 3.31. The second-order valence-corrected chi connectivity index (χ2v) is 20.8. The van der Waals surface area contributed by atoms with Gasteiger partial charge in [0.2, 0.25) is 5.91 Å². The van der Waals surface area contributed by atoms with Crippen LogP contribution >= 0.6 is 0 Å². The van der Waals surface area contributed by atoms with Crippen LogP contribution in [0.3, 0.4) is 0 Å². The molecule has 0 heterocycles. The molecule has 0 radical (unpaired) electrons. The zero-order valence-corrected chi connectivity index (χ0v) is 44.5. The second kappa shape index (κ2) is 57.2. The minimum Gasteiger partial charge on any atom is -0.394 e. The summed E-state index contributed by atoms with van der Waals surface area (Å²) < 4.78 is 0. The van der Waals surface area contributed by atoms with Crippen LogP contribution in [0.5, 0.6) is 0 Å². The highest BCUT2D eigenvalue weighted by molar-refractivity contribution is 5.76. The molecule has 386 valence electrons. The summed E-state index contributed by atoms with van der Waals surface area (Å²) in [6.07, 6.45) is 76.5. The van der Waals surface area contributed by atoms with Gasteiger partial charge in [-0.2, -0.15) is 0 Å². The van der Waals surface area contributed by atoms with Crippen molar-refractivity contribution in [1.29, 1.82) is 0 Å². The highest BCUT2D eigenvalue weighted by atomic mass is 16.3. The number of rotatable bonds is 56. The molecule has 4 heteroatoms. The molecule has 0 rings (SSSR count). The fraction of sp³-hybridized carbons (Fsp3) is 0.918. The molecule has 0 aromatic rings. The van der Waals surface area contributed by atoms with Crippen molar-refractivity contribution in [3.63, 3.8) is 0 Å². The molecule has 0 aromatic heterocycles. The van der Waals surface area contributed by atoms with Crippen molar-refractivity contribution in [2.75, 3.05) is 6.61 Å². The summed E-state index contributed by atoms with van der Waals surface area (Å²) in [5.41, 5.74) is 0. The molecule has 65 heavy (non-hydrogen) atoms. The summed E-state index contributed by atoms with van der Waals surface area (Å²) in [7, 11) is 0. The van der Waals surface area contributed by atoms with Crippen LogP contribution in [-0.2, 0) is 4.79 Å². The van der Waals surface area contributed by atoms with Crippen molar-refractivity contribution in [3.8, 4) is 0 Å². The van der Waals surface area contributed by atoms with E-state index in [0.717, 1.165) is 32.1 Å². The minimum absolute atomic E-state index is 0.0658. The number of nitrogens with one attached hydrogen (secondary N) is 1. The number of carbonyl (C=O) groups excluding carboxylic acids is 1.